The highest BCUT2D eigenvalue weighted by atomic mass is 16.5. The van der Waals surface area contributed by atoms with Gasteiger partial charge in [-0.15, -0.1) is 0 Å². The smallest absolute Gasteiger partial charge is 0.253 e. The minimum Gasteiger partial charge on any atom is -0.493 e. The van der Waals surface area contributed by atoms with Crippen LogP contribution in [0.4, 0.5) is 0 Å². The number of piperidine rings is 1. The molecule has 192 valence electrons. The number of carbonyl (C=O) groups is 3. The molecule has 2 saturated heterocycles. The summed E-state index contributed by atoms with van der Waals surface area (Å²) in [7, 11) is 4.67. The van der Waals surface area contributed by atoms with E-state index < -0.39 is 0 Å². The van der Waals surface area contributed by atoms with Gasteiger partial charge in [-0.05, 0) is 49.8 Å². The summed E-state index contributed by atoms with van der Waals surface area (Å²) in [5.41, 5.74) is 2.01. The van der Waals surface area contributed by atoms with Gasteiger partial charge in [0.25, 0.3) is 5.91 Å². The Kier molecular flexibility index (Phi) is 7.52. The number of benzene rings is 2. The number of ketones is 1. The van der Waals surface area contributed by atoms with Crippen molar-refractivity contribution in [2.45, 2.75) is 32.6 Å². The number of amides is 2. The highest BCUT2D eigenvalue weighted by Crippen LogP contribution is 2.42. The van der Waals surface area contributed by atoms with Crippen molar-refractivity contribution in [1.29, 1.82) is 0 Å². The predicted molar refractivity (Wildman–Crippen MR) is 135 cm³/mol. The SMILES string of the molecule is COc1ccc(CC(=O)N2CCC3(CCN(C(=O)c4ccc(C(C)=O)cc4)CC3)C2)c(OC)c1OC. The van der Waals surface area contributed by atoms with Crippen LogP contribution in [0.15, 0.2) is 36.4 Å². The molecule has 0 N–H and O–H groups in total. The number of rotatable bonds is 7. The lowest BCUT2D eigenvalue weighted by Crippen LogP contribution is -2.44. The molecule has 2 aliphatic heterocycles. The van der Waals surface area contributed by atoms with E-state index in [1.807, 2.05) is 15.9 Å². The largest absolute Gasteiger partial charge is 0.493 e. The molecule has 0 unspecified atom stereocenters. The van der Waals surface area contributed by atoms with Crippen LogP contribution in [0.2, 0.25) is 0 Å². The van der Waals surface area contributed by atoms with Gasteiger partial charge in [0.1, 0.15) is 0 Å². The van der Waals surface area contributed by atoms with E-state index in [4.69, 9.17) is 14.2 Å². The number of carbonyl (C=O) groups excluding carboxylic acids is 3. The Hall–Kier alpha value is -3.55. The van der Waals surface area contributed by atoms with Gasteiger partial charge in [0, 0.05) is 42.9 Å². The molecule has 8 nitrogen and oxygen atoms in total. The van der Waals surface area contributed by atoms with Crippen LogP contribution >= 0.6 is 0 Å². The molecule has 0 aliphatic carbocycles. The van der Waals surface area contributed by atoms with Crippen molar-refractivity contribution in [2.75, 3.05) is 47.5 Å². The zero-order chi connectivity index (χ0) is 25.9. The van der Waals surface area contributed by atoms with Gasteiger partial charge >= 0.3 is 0 Å². The third-order valence-corrected chi connectivity index (χ3v) is 7.57. The first kappa shape index (κ1) is 25.5. The van der Waals surface area contributed by atoms with Gasteiger partial charge in [-0.2, -0.15) is 0 Å². The maximum atomic E-state index is 13.2. The number of methoxy groups -OCH3 is 3. The average molecular weight is 495 g/mol. The van der Waals surface area contributed by atoms with E-state index in [1.165, 1.54) is 6.92 Å². The Morgan fingerprint density at radius 1 is 0.778 bits per heavy atom. The van der Waals surface area contributed by atoms with Gasteiger partial charge < -0.3 is 24.0 Å². The fourth-order valence-electron chi connectivity index (χ4n) is 5.35. The highest BCUT2D eigenvalue weighted by Gasteiger charge is 2.42. The van der Waals surface area contributed by atoms with Crippen molar-refractivity contribution in [1.82, 2.24) is 9.80 Å². The predicted octanol–water partition coefficient (Wildman–Crippen LogP) is 3.61. The van der Waals surface area contributed by atoms with Crippen LogP contribution in [-0.4, -0.2) is 74.9 Å². The monoisotopic (exact) mass is 494 g/mol. The van der Waals surface area contributed by atoms with Gasteiger partial charge in [0.05, 0.1) is 27.8 Å². The molecule has 0 atom stereocenters. The summed E-state index contributed by atoms with van der Waals surface area (Å²) in [5.74, 6) is 1.59. The van der Waals surface area contributed by atoms with Gasteiger partial charge in [0.15, 0.2) is 17.3 Å². The molecular formula is C28H34N2O6. The summed E-state index contributed by atoms with van der Waals surface area (Å²) in [5, 5.41) is 0. The van der Waals surface area contributed by atoms with Gasteiger partial charge in [-0.3, -0.25) is 14.4 Å². The molecule has 2 heterocycles. The number of Topliss-reactive ketones (excluding diaryl/α,β-unsaturated/α-hetero) is 1. The lowest BCUT2D eigenvalue weighted by Gasteiger charge is -2.39. The lowest BCUT2D eigenvalue weighted by atomic mass is 9.77. The molecule has 2 aromatic carbocycles. The topological polar surface area (TPSA) is 85.4 Å². The van der Waals surface area contributed by atoms with E-state index >= 15 is 0 Å². The molecule has 1 spiro atoms. The normalized spacial score (nSPS) is 16.7. The van der Waals surface area contributed by atoms with Crippen molar-refractivity contribution in [2.24, 2.45) is 5.41 Å². The minimum atomic E-state index is -0.0150. The molecule has 2 amide bonds. The second-order valence-corrected chi connectivity index (χ2v) is 9.66. The number of hydrogen-bond acceptors (Lipinski definition) is 6. The summed E-state index contributed by atoms with van der Waals surface area (Å²) in [6.45, 7) is 4.27. The van der Waals surface area contributed by atoms with Crippen molar-refractivity contribution in [3.8, 4) is 17.2 Å². The Balaban J connectivity index is 1.36. The first-order chi connectivity index (χ1) is 17.3. The zero-order valence-electron chi connectivity index (χ0n) is 21.5. The van der Waals surface area contributed by atoms with E-state index in [1.54, 1.807) is 51.7 Å². The van der Waals surface area contributed by atoms with Crippen LogP contribution < -0.4 is 14.2 Å². The summed E-state index contributed by atoms with van der Waals surface area (Å²) < 4.78 is 16.3. The molecule has 0 aromatic heterocycles. The lowest BCUT2D eigenvalue weighted by molar-refractivity contribution is -0.130. The summed E-state index contributed by atoms with van der Waals surface area (Å²) in [6, 6.07) is 10.5. The first-order valence-corrected chi connectivity index (χ1v) is 12.3. The first-order valence-electron chi connectivity index (χ1n) is 12.3. The van der Waals surface area contributed by atoms with Crippen LogP contribution in [0.3, 0.4) is 0 Å². The van der Waals surface area contributed by atoms with E-state index in [0.29, 0.717) is 48.0 Å². The standard InChI is InChI=1S/C28H34N2O6/c1-19(31)20-5-7-21(8-6-20)27(33)29-14-11-28(12-15-29)13-16-30(18-28)24(32)17-22-9-10-23(34-2)26(36-4)25(22)35-3/h5-10H,11-18H2,1-4H3. The summed E-state index contributed by atoms with van der Waals surface area (Å²) >= 11 is 0. The highest BCUT2D eigenvalue weighted by molar-refractivity contribution is 5.97. The Morgan fingerprint density at radius 2 is 1.36 bits per heavy atom. The fourth-order valence-corrected chi connectivity index (χ4v) is 5.35. The van der Waals surface area contributed by atoms with Crippen molar-refractivity contribution < 1.29 is 28.6 Å². The molecule has 0 bridgehead atoms. The Morgan fingerprint density at radius 3 is 1.92 bits per heavy atom. The number of likely N-dealkylation sites (tertiary alicyclic amines) is 2. The van der Waals surface area contributed by atoms with Crippen molar-refractivity contribution >= 4 is 17.6 Å². The maximum Gasteiger partial charge on any atom is 0.253 e. The molecular weight excluding hydrogens is 460 g/mol. The van der Waals surface area contributed by atoms with E-state index in [-0.39, 0.29) is 29.4 Å². The van der Waals surface area contributed by atoms with E-state index in [0.717, 1.165) is 31.4 Å². The van der Waals surface area contributed by atoms with E-state index in [9.17, 15) is 14.4 Å². The van der Waals surface area contributed by atoms with Crippen LogP contribution in [0.5, 0.6) is 17.2 Å². The van der Waals surface area contributed by atoms with Gasteiger partial charge in [-0.1, -0.05) is 18.2 Å². The van der Waals surface area contributed by atoms with Crippen LogP contribution in [-0.2, 0) is 11.2 Å². The van der Waals surface area contributed by atoms with Crippen molar-refractivity contribution in [3.63, 3.8) is 0 Å². The molecule has 8 heteroatoms. The second kappa shape index (κ2) is 10.6. The van der Waals surface area contributed by atoms with Crippen LogP contribution in [0, 0.1) is 5.41 Å². The van der Waals surface area contributed by atoms with E-state index in [2.05, 4.69) is 0 Å². The van der Waals surface area contributed by atoms with Gasteiger partial charge in [0.2, 0.25) is 11.7 Å². The zero-order valence-corrected chi connectivity index (χ0v) is 21.5. The molecule has 2 fully saturated rings. The summed E-state index contributed by atoms with van der Waals surface area (Å²) in [4.78, 5) is 41.5. The molecule has 0 saturated carbocycles. The second-order valence-electron chi connectivity index (χ2n) is 9.66. The minimum absolute atomic E-state index is 0.00794. The summed E-state index contributed by atoms with van der Waals surface area (Å²) in [6.07, 6.45) is 2.90. The molecule has 0 radical (unpaired) electrons. The molecule has 2 aliphatic rings. The van der Waals surface area contributed by atoms with Crippen molar-refractivity contribution in [3.05, 3.63) is 53.1 Å². The molecule has 4 rings (SSSR count). The average Bonchev–Trinajstić information content (AvgIpc) is 3.31. The number of hydrogen-bond donors (Lipinski definition) is 0. The quantitative estimate of drug-likeness (QED) is 0.547. The van der Waals surface area contributed by atoms with Crippen LogP contribution in [0.25, 0.3) is 0 Å². The molecule has 2 aromatic rings. The van der Waals surface area contributed by atoms with Crippen LogP contribution in [0.1, 0.15) is 52.5 Å². The Bertz CT molecular complexity index is 1140. The number of nitrogens with zero attached hydrogens (tertiary/aromatic N) is 2. The fraction of sp³-hybridized carbons (Fsp3) is 0.464. The Labute approximate surface area is 212 Å². The third-order valence-electron chi connectivity index (χ3n) is 7.57. The molecule has 36 heavy (non-hydrogen) atoms. The number of ether oxygens (including phenoxy) is 3. The third kappa shape index (κ3) is 5.03. The maximum absolute atomic E-state index is 13.2. The van der Waals surface area contributed by atoms with Gasteiger partial charge in [-0.25, -0.2) is 0 Å².